The molecule has 1 unspecified atom stereocenters. The van der Waals surface area contributed by atoms with Crippen molar-refractivity contribution in [2.75, 3.05) is 0 Å². The van der Waals surface area contributed by atoms with E-state index in [2.05, 4.69) is 10.6 Å². The van der Waals surface area contributed by atoms with E-state index in [1.165, 1.54) is 12.1 Å². The molecule has 4 amide bonds. The quantitative estimate of drug-likeness (QED) is 0.736. The van der Waals surface area contributed by atoms with Gasteiger partial charge in [-0.1, -0.05) is 42.5 Å². The molecule has 2 aromatic carbocycles. The number of imide groups is 1. The summed E-state index contributed by atoms with van der Waals surface area (Å²) in [7, 11) is 0. The van der Waals surface area contributed by atoms with Crippen molar-refractivity contribution < 1.29 is 18.8 Å². The Labute approximate surface area is 156 Å². The zero-order chi connectivity index (χ0) is 19.2. The number of halogens is 1. The van der Waals surface area contributed by atoms with Gasteiger partial charge in [0.15, 0.2) is 0 Å². The number of urea groups is 1. The normalized spacial score (nSPS) is 16.3. The van der Waals surface area contributed by atoms with Crippen LogP contribution < -0.4 is 10.6 Å². The number of hydrogen-bond donors (Lipinski definition) is 2. The van der Waals surface area contributed by atoms with Crippen LogP contribution in [0.1, 0.15) is 24.0 Å². The van der Waals surface area contributed by atoms with Crippen molar-refractivity contribution in [1.82, 2.24) is 15.5 Å². The summed E-state index contributed by atoms with van der Waals surface area (Å²) in [6, 6.07) is 13.9. The summed E-state index contributed by atoms with van der Waals surface area (Å²) < 4.78 is 12.9. The minimum absolute atomic E-state index is 0.108. The van der Waals surface area contributed by atoms with Crippen molar-refractivity contribution in [3.05, 3.63) is 71.5 Å². The fourth-order valence-corrected chi connectivity index (χ4v) is 2.85. The molecular formula is C20H20FN3O3. The molecule has 1 aliphatic rings. The number of carbonyl (C=O) groups excluding carboxylic acids is 3. The Balaban J connectivity index is 1.46. The summed E-state index contributed by atoms with van der Waals surface area (Å²) in [4.78, 5) is 37.6. The van der Waals surface area contributed by atoms with Crippen molar-refractivity contribution in [1.29, 1.82) is 0 Å². The molecule has 27 heavy (non-hydrogen) atoms. The van der Waals surface area contributed by atoms with E-state index >= 15 is 0 Å². The predicted molar refractivity (Wildman–Crippen MR) is 96.8 cm³/mol. The smallest absolute Gasteiger partial charge is 0.325 e. The van der Waals surface area contributed by atoms with Crippen molar-refractivity contribution >= 4 is 17.8 Å². The second-order valence-corrected chi connectivity index (χ2v) is 6.35. The average molecular weight is 369 g/mol. The monoisotopic (exact) mass is 369 g/mol. The molecule has 1 aliphatic heterocycles. The number of benzene rings is 2. The third-order valence-corrected chi connectivity index (χ3v) is 4.35. The predicted octanol–water partition coefficient (Wildman–Crippen LogP) is 2.34. The average Bonchev–Trinajstić information content (AvgIpc) is 2.94. The highest BCUT2D eigenvalue weighted by molar-refractivity contribution is 6.04. The summed E-state index contributed by atoms with van der Waals surface area (Å²) in [5, 5.41) is 5.35. The maximum Gasteiger partial charge on any atom is 0.325 e. The van der Waals surface area contributed by atoms with E-state index in [4.69, 9.17) is 0 Å². The molecule has 2 aromatic rings. The summed E-state index contributed by atoms with van der Waals surface area (Å²) in [5.41, 5.74) is 1.64. The number of rotatable bonds is 7. The lowest BCUT2D eigenvalue weighted by Crippen LogP contribution is -2.32. The lowest BCUT2D eigenvalue weighted by Gasteiger charge is -2.13. The van der Waals surface area contributed by atoms with E-state index < -0.39 is 12.1 Å². The van der Waals surface area contributed by atoms with Crippen molar-refractivity contribution in [2.45, 2.75) is 32.0 Å². The molecule has 0 aliphatic carbocycles. The van der Waals surface area contributed by atoms with Crippen LogP contribution in [0.25, 0.3) is 0 Å². The molecule has 1 fully saturated rings. The van der Waals surface area contributed by atoms with Gasteiger partial charge >= 0.3 is 6.03 Å². The van der Waals surface area contributed by atoms with Gasteiger partial charge in [-0.3, -0.25) is 14.5 Å². The molecule has 140 valence electrons. The van der Waals surface area contributed by atoms with Gasteiger partial charge in [-0.25, -0.2) is 9.18 Å². The number of hydrogen-bond acceptors (Lipinski definition) is 3. The Morgan fingerprint density at radius 1 is 1.04 bits per heavy atom. The first kappa shape index (κ1) is 18.6. The van der Waals surface area contributed by atoms with Crippen LogP contribution in [0.2, 0.25) is 0 Å². The van der Waals surface area contributed by atoms with Gasteiger partial charge in [-0.2, -0.15) is 0 Å². The van der Waals surface area contributed by atoms with E-state index in [1.54, 1.807) is 12.1 Å². The highest BCUT2D eigenvalue weighted by Gasteiger charge is 2.37. The number of nitrogens with zero attached hydrogens (tertiary/aromatic N) is 1. The second kappa shape index (κ2) is 8.44. The molecule has 0 bridgehead atoms. The first-order valence-corrected chi connectivity index (χ1v) is 8.70. The largest absolute Gasteiger partial charge is 0.352 e. The number of carbonyl (C=O) groups is 3. The van der Waals surface area contributed by atoms with E-state index in [-0.39, 0.29) is 43.6 Å². The zero-order valence-electron chi connectivity index (χ0n) is 14.7. The molecule has 1 heterocycles. The van der Waals surface area contributed by atoms with Crippen LogP contribution in [-0.2, 0) is 22.7 Å². The minimum Gasteiger partial charge on any atom is -0.352 e. The van der Waals surface area contributed by atoms with E-state index in [0.29, 0.717) is 0 Å². The lowest BCUT2D eigenvalue weighted by molar-refractivity contribution is -0.128. The maximum absolute atomic E-state index is 12.9. The van der Waals surface area contributed by atoms with Crippen molar-refractivity contribution in [3.8, 4) is 0 Å². The van der Waals surface area contributed by atoms with Crippen LogP contribution in [0.5, 0.6) is 0 Å². The Hall–Kier alpha value is -3.22. The summed E-state index contributed by atoms with van der Waals surface area (Å²) in [6.45, 7) is 0.489. The van der Waals surface area contributed by atoms with Crippen LogP contribution in [0, 0.1) is 5.82 Å². The molecule has 1 atom stereocenters. The standard InChI is InChI=1S/C20H20FN3O3/c21-16-8-6-14(7-9-16)12-22-18(25)11-10-17-19(26)24(20(27)23-17)13-15-4-2-1-3-5-15/h1-9,17H,10-13H2,(H,22,25)(H,23,27). The van der Waals surface area contributed by atoms with Gasteiger partial charge < -0.3 is 10.6 Å². The van der Waals surface area contributed by atoms with E-state index in [1.807, 2.05) is 30.3 Å². The van der Waals surface area contributed by atoms with Gasteiger partial charge in [0.05, 0.1) is 6.54 Å². The third-order valence-electron chi connectivity index (χ3n) is 4.35. The Morgan fingerprint density at radius 3 is 2.44 bits per heavy atom. The highest BCUT2D eigenvalue weighted by atomic mass is 19.1. The highest BCUT2D eigenvalue weighted by Crippen LogP contribution is 2.15. The van der Waals surface area contributed by atoms with Crippen LogP contribution in [0.4, 0.5) is 9.18 Å². The van der Waals surface area contributed by atoms with Crippen LogP contribution >= 0.6 is 0 Å². The Bertz CT molecular complexity index is 824. The van der Waals surface area contributed by atoms with Crippen LogP contribution in [0.3, 0.4) is 0 Å². The molecule has 0 radical (unpaired) electrons. The summed E-state index contributed by atoms with van der Waals surface area (Å²) in [6.07, 6.45) is 0.335. The molecule has 0 aromatic heterocycles. The van der Waals surface area contributed by atoms with Gasteiger partial charge in [-0.05, 0) is 29.7 Å². The molecule has 3 rings (SSSR count). The number of nitrogens with one attached hydrogen (secondary N) is 2. The van der Waals surface area contributed by atoms with Crippen molar-refractivity contribution in [3.63, 3.8) is 0 Å². The van der Waals surface area contributed by atoms with E-state index in [0.717, 1.165) is 16.0 Å². The fourth-order valence-electron chi connectivity index (χ4n) is 2.85. The summed E-state index contributed by atoms with van der Waals surface area (Å²) >= 11 is 0. The van der Waals surface area contributed by atoms with Gasteiger partial charge in [0.25, 0.3) is 5.91 Å². The molecule has 2 N–H and O–H groups in total. The molecule has 1 saturated heterocycles. The zero-order valence-corrected chi connectivity index (χ0v) is 14.7. The Morgan fingerprint density at radius 2 is 1.74 bits per heavy atom. The molecule has 0 saturated carbocycles. The second-order valence-electron chi connectivity index (χ2n) is 6.35. The van der Waals surface area contributed by atoms with Crippen LogP contribution in [0.15, 0.2) is 54.6 Å². The van der Waals surface area contributed by atoms with Gasteiger partial charge in [0, 0.05) is 13.0 Å². The van der Waals surface area contributed by atoms with Crippen molar-refractivity contribution in [2.24, 2.45) is 0 Å². The summed E-state index contributed by atoms with van der Waals surface area (Å²) in [5.74, 6) is -0.890. The van der Waals surface area contributed by atoms with E-state index in [9.17, 15) is 18.8 Å². The molecule has 6 nitrogen and oxygen atoms in total. The fraction of sp³-hybridized carbons (Fsp3) is 0.250. The SMILES string of the molecule is O=C(CCC1NC(=O)N(Cc2ccccc2)C1=O)NCc1ccc(F)cc1. The lowest BCUT2D eigenvalue weighted by atomic mass is 10.1. The molecule has 7 heteroatoms. The molecular weight excluding hydrogens is 349 g/mol. The number of amides is 4. The Kier molecular flexibility index (Phi) is 5.80. The third kappa shape index (κ3) is 4.91. The van der Waals surface area contributed by atoms with Crippen LogP contribution in [-0.4, -0.2) is 28.8 Å². The molecule has 0 spiro atoms. The first-order valence-electron chi connectivity index (χ1n) is 8.70. The first-order chi connectivity index (χ1) is 13.0. The van der Waals surface area contributed by atoms with Gasteiger partial charge in [0.1, 0.15) is 11.9 Å². The minimum atomic E-state index is -0.696. The maximum atomic E-state index is 12.9. The van der Waals surface area contributed by atoms with Gasteiger partial charge in [-0.15, -0.1) is 0 Å². The van der Waals surface area contributed by atoms with Gasteiger partial charge in [0.2, 0.25) is 5.91 Å². The topological polar surface area (TPSA) is 78.5 Å².